The lowest BCUT2D eigenvalue weighted by Crippen LogP contribution is -3.16. The van der Waals surface area contributed by atoms with Crippen molar-refractivity contribution in [2.45, 2.75) is 6.04 Å². The molecule has 0 aliphatic carbocycles. The third kappa shape index (κ3) is 3.76. The smallest absolute Gasteiger partial charge is 0.287 e. The third-order valence-electron chi connectivity index (χ3n) is 4.00. The molecule has 5 nitrogen and oxygen atoms in total. The van der Waals surface area contributed by atoms with Gasteiger partial charge in [-0.15, -0.1) is 0 Å². The summed E-state index contributed by atoms with van der Waals surface area (Å²) in [6.07, 6.45) is 0. The van der Waals surface area contributed by atoms with Crippen LogP contribution in [0.15, 0.2) is 60.7 Å². The van der Waals surface area contributed by atoms with Gasteiger partial charge in [-0.2, -0.15) is 0 Å². The average Bonchev–Trinajstić information content (AvgIpc) is 2.57. The van der Waals surface area contributed by atoms with Gasteiger partial charge < -0.3 is 15.5 Å². The first-order valence-corrected chi connectivity index (χ1v) is 7.76. The van der Waals surface area contributed by atoms with Crippen LogP contribution in [0, 0.1) is 0 Å². The maximum absolute atomic E-state index is 12.9. The molecule has 0 spiro atoms. The van der Waals surface area contributed by atoms with Gasteiger partial charge in [0.2, 0.25) is 0 Å². The van der Waals surface area contributed by atoms with E-state index in [-0.39, 0.29) is 11.8 Å². The molecule has 0 aromatic heterocycles. The molecule has 1 saturated heterocycles. The van der Waals surface area contributed by atoms with Gasteiger partial charge in [-0.05, 0) is 12.1 Å². The second-order valence-corrected chi connectivity index (χ2v) is 5.63. The SMILES string of the molecule is O=C1C[NH+]([C@H](C(=O)Nc2ccccc2)c2ccccc2)CCN1. The van der Waals surface area contributed by atoms with Crippen LogP contribution in [0.3, 0.4) is 0 Å². The zero-order valence-electron chi connectivity index (χ0n) is 12.8. The zero-order chi connectivity index (χ0) is 16.1. The molecule has 2 aromatic rings. The van der Waals surface area contributed by atoms with Crippen LogP contribution in [0.1, 0.15) is 11.6 Å². The maximum atomic E-state index is 12.9. The minimum Gasteiger partial charge on any atom is -0.346 e. The summed E-state index contributed by atoms with van der Waals surface area (Å²) in [6.45, 7) is 1.63. The summed E-state index contributed by atoms with van der Waals surface area (Å²) < 4.78 is 0. The topological polar surface area (TPSA) is 62.6 Å². The van der Waals surface area contributed by atoms with Crippen LogP contribution in [0.5, 0.6) is 0 Å². The molecular formula is C18H20N3O2+. The van der Waals surface area contributed by atoms with E-state index in [1.165, 1.54) is 0 Å². The van der Waals surface area contributed by atoms with Crippen LogP contribution in [0.4, 0.5) is 5.69 Å². The van der Waals surface area contributed by atoms with E-state index in [2.05, 4.69) is 10.6 Å². The predicted octanol–water partition coefficient (Wildman–Crippen LogP) is 0.381. The fourth-order valence-corrected chi connectivity index (χ4v) is 2.92. The molecule has 3 N–H and O–H groups in total. The van der Waals surface area contributed by atoms with Gasteiger partial charge >= 0.3 is 0 Å². The minimum atomic E-state index is -0.401. The lowest BCUT2D eigenvalue weighted by Gasteiger charge is -2.30. The van der Waals surface area contributed by atoms with Crippen molar-refractivity contribution in [3.63, 3.8) is 0 Å². The van der Waals surface area contributed by atoms with E-state index in [1.54, 1.807) is 0 Å². The summed E-state index contributed by atoms with van der Waals surface area (Å²) in [6, 6.07) is 18.6. The molecule has 2 amide bonds. The van der Waals surface area contributed by atoms with E-state index < -0.39 is 6.04 Å². The molecule has 0 bridgehead atoms. The highest BCUT2D eigenvalue weighted by Gasteiger charge is 2.34. The molecule has 1 fully saturated rings. The average molecular weight is 310 g/mol. The van der Waals surface area contributed by atoms with Gasteiger partial charge in [-0.25, -0.2) is 0 Å². The lowest BCUT2D eigenvalue weighted by molar-refractivity contribution is -0.915. The van der Waals surface area contributed by atoms with Crippen molar-refractivity contribution in [1.82, 2.24) is 5.32 Å². The number of rotatable bonds is 4. The van der Waals surface area contributed by atoms with E-state index in [0.717, 1.165) is 22.7 Å². The second kappa shape index (κ2) is 7.07. The number of benzene rings is 2. The van der Waals surface area contributed by atoms with Gasteiger partial charge in [0.05, 0.1) is 13.1 Å². The Kier molecular flexibility index (Phi) is 4.68. The zero-order valence-corrected chi connectivity index (χ0v) is 12.8. The molecule has 1 heterocycles. The lowest BCUT2D eigenvalue weighted by atomic mass is 10.0. The number of quaternary nitrogens is 1. The monoisotopic (exact) mass is 310 g/mol. The van der Waals surface area contributed by atoms with Crippen LogP contribution in [-0.2, 0) is 9.59 Å². The standard InChI is InChI=1S/C18H19N3O2/c22-16-13-21(12-11-19-16)17(14-7-3-1-4-8-14)18(23)20-15-9-5-2-6-10-15/h1-10,17H,11-13H2,(H,19,22)(H,20,23)/p+1/t17-/m0/s1. The highest BCUT2D eigenvalue weighted by molar-refractivity contribution is 5.94. The number of hydrogen-bond acceptors (Lipinski definition) is 2. The molecule has 0 saturated carbocycles. The van der Waals surface area contributed by atoms with Crippen molar-refractivity contribution >= 4 is 17.5 Å². The number of amides is 2. The summed E-state index contributed by atoms with van der Waals surface area (Å²) in [5.74, 6) is -0.105. The normalized spacial score (nSPS) is 18.8. The van der Waals surface area contributed by atoms with Gasteiger partial charge in [0, 0.05) is 11.3 Å². The molecule has 1 aliphatic heterocycles. The molecule has 2 atom stereocenters. The van der Waals surface area contributed by atoms with Gasteiger partial charge in [0.15, 0.2) is 12.6 Å². The van der Waals surface area contributed by atoms with Crippen LogP contribution >= 0.6 is 0 Å². The van der Waals surface area contributed by atoms with Crippen molar-refractivity contribution in [2.24, 2.45) is 0 Å². The van der Waals surface area contributed by atoms with Gasteiger partial charge in [-0.3, -0.25) is 9.59 Å². The predicted molar refractivity (Wildman–Crippen MR) is 88.0 cm³/mol. The largest absolute Gasteiger partial charge is 0.346 e. The van der Waals surface area contributed by atoms with Gasteiger partial charge in [0.25, 0.3) is 11.8 Å². The number of piperazine rings is 1. The number of anilines is 1. The Morgan fingerprint density at radius 2 is 1.70 bits per heavy atom. The molecule has 5 heteroatoms. The number of nitrogens with one attached hydrogen (secondary N) is 3. The molecule has 3 rings (SSSR count). The molecule has 1 aliphatic rings. The third-order valence-corrected chi connectivity index (χ3v) is 4.00. The summed E-state index contributed by atoms with van der Waals surface area (Å²) in [7, 11) is 0. The molecule has 23 heavy (non-hydrogen) atoms. The van der Waals surface area contributed by atoms with E-state index in [1.807, 2.05) is 60.7 Å². The van der Waals surface area contributed by atoms with Crippen molar-refractivity contribution in [1.29, 1.82) is 0 Å². The molecule has 118 valence electrons. The van der Waals surface area contributed by atoms with Crippen LogP contribution in [0.2, 0.25) is 0 Å². The first kappa shape index (κ1) is 15.2. The fourth-order valence-electron chi connectivity index (χ4n) is 2.92. The molecule has 0 radical (unpaired) electrons. The van der Waals surface area contributed by atoms with Crippen molar-refractivity contribution in [3.05, 3.63) is 66.2 Å². The summed E-state index contributed by atoms with van der Waals surface area (Å²) in [5, 5.41) is 5.78. The number of carbonyl (C=O) groups is 2. The highest BCUT2D eigenvalue weighted by atomic mass is 16.2. The summed E-state index contributed by atoms with van der Waals surface area (Å²) in [4.78, 5) is 25.5. The molecule has 1 unspecified atom stereocenters. The maximum Gasteiger partial charge on any atom is 0.287 e. The Morgan fingerprint density at radius 3 is 2.35 bits per heavy atom. The Morgan fingerprint density at radius 1 is 1.04 bits per heavy atom. The van der Waals surface area contributed by atoms with E-state index in [9.17, 15) is 9.59 Å². The second-order valence-electron chi connectivity index (χ2n) is 5.63. The fraction of sp³-hybridized carbons (Fsp3) is 0.222. The van der Waals surface area contributed by atoms with Crippen molar-refractivity contribution in [2.75, 3.05) is 25.0 Å². The Bertz CT molecular complexity index is 673. The van der Waals surface area contributed by atoms with E-state index in [4.69, 9.17) is 0 Å². The van der Waals surface area contributed by atoms with E-state index in [0.29, 0.717) is 13.1 Å². The summed E-state index contributed by atoms with van der Waals surface area (Å²) >= 11 is 0. The molecular weight excluding hydrogens is 290 g/mol. The number of para-hydroxylation sites is 1. The molecule has 2 aromatic carbocycles. The number of carbonyl (C=O) groups excluding carboxylic acids is 2. The Labute approximate surface area is 135 Å². The van der Waals surface area contributed by atoms with Crippen LogP contribution < -0.4 is 15.5 Å². The first-order chi connectivity index (χ1) is 11.2. The highest BCUT2D eigenvalue weighted by Crippen LogP contribution is 2.13. The van der Waals surface area contributed by atoms with E-state index >= 15 is 0 Å². The van der Waals surface area contributed by atoms with Gasteiger partial charge in [-0.1, -0.05) is 48.5 Å². The van der Waals surface area contributed by atoms with Gasteiger partial charge in [0.1, 0.15) is 0 Å². The number of hydrogen-bond donors (Lipinski definition) is 3. The summed E-state index contributed by atoms with van der Waals surface area (Å²) in [5.41, 5.74) is 1.69. The van der Waals surface area contributed by atoms with Crippen molar-refractivity contribution in [3.8, 4) is 0 Å². The quantitative estimate of drug-likeness (QED) is 0.764. The van der Waals surface area contributed by atoms with Crippen LogP contribution in [0.25, 0.3) is 0 Å². The minimum absolute atomic E-state index is 0.0142. The van der Waals surface area contributed by atoms with Crippen LogP contribution in [-0.4, -0.2) is 31.4 Å². The van der Waals surface area contributed by atoms with Crippen molar-refractivity contribution < 1.29 is 14.5 Å². The first-order valence-electron chi connectivity index (χ1n) is 7.76. The Balaban J connectivity index is 1.85. The Hall–Kier alpha value is -2.66.